The molecule has 0 radical (unpaired) electrons. The smallest absolute Gasteiger partial charge is 0.328 e. The van der Waals surface area contributed by atoms with E-state index in [1.807, 2.05) is 44.2 Å². The fourth-order valence-electron chi connectivity index (χ4n) is 4.24. The molecule has 0 aromatic heterocycles. The van der Waals surface area contributed by atoms with Crippen LogP contribution >= 0.6 is 0 Å². The number of fused-ring (bicyclic) bond motifs is 1. The minimum absolute atomic E-state index is 0.132. The van der Waals surface area contributed by atoms with Crippen LogP contribution in [0.3, 0.4) is 0 Å². The number of hydrogen-bond donors (Lipinski definition) is 1. The molecule has 1 N–H and O–H groups in total. The molecule has 0 bridgehead atoms. The zero-order valence-corrected chi connectivity index (χ0v) is 20.1. The molecular formula is C24H33NO9. The van der Waals surface area contributed by atoms with E-state index < -0.39 is 60.2 Å². The predicted octanol–water partition coefficient (Wildman–Crippen LogP) is 1.65. The average molecular weight is 480 g/mol. The van der Waals surface area contributed by atoms with Gasteiger partial charge in [0, 0.05) is 0 Å². The van der Waals surface area contributed by atoms with Crippen molar-refractivity contribution in [3.05, 3.63) is 35.9 Å². The summed E-state index contributed by atoms with van der Waals surface area (Å²) < 4.78 is 40.7. The summed E-state index contributed by atoms with van der Waals surface area (Å²) in [5.74, 6) is -2.58. The van der Waals surface area contributed by atoms with Gasteiger partial charge in [0.15, 0.2) is 17.9 Å². The van der Waals surface area contributed by atoms with Gasteiger partial charge in [0.1, 0.15) is 43.7 Å². The van der Waals surface area contributed by atoms with Crippen LogP contribution in [0.15, 0.2) is 30.3 Å². The van der Waals surface area contributed by atoms with Crippen molar-refractivity contribution < 1.29 is 42.7 Å². The Bertz CT molecular complexity index is 874. The van der Waals surface area contributed by atoms with Crippen molar-refractivity contribution in [3.8, 4) is 0 Å². The lowest BCUT2D eigenvalue weighted by atomic mass is 10.1. The second kappa shape index (κ2) is 9.88. The van der Waals surface area contributed by atoms with Crippen LogP contribution in [0.25, 0.3) is 0 Å². The minimum Gasteiger partial charge on any atom is -0.459 e. The second-order valence-electron chi connectivity index (χ2n) is 9.59. The Hall–Kier alpha value is -2.08. The van der Waals surface area contributed by atoms with Gasteiger partial charge in [0.2, 0.25) is 5.91 Å². The molecular weight excluding hydrogens is 446 g/mol. The van der Waals surface area contributed by atoms with E-state index in [9.17, 15) is 9.59 Å². The van der Waals surface area contributed by atoms with Gasteiger partial charge in [0.05, 0.1) is 6.61 Å². The third-order valence-corrected chi connectivity index (χ3v) is 5.79. The highest BCUT2D eigenvalue weighted by molar-refractivity contribution is 5.84. The van der Waals surface area contributed by atoms with E-state index in [1.54, 1.807) is 20.8 Å². The van der Waals surface area contributed by atoms with Crippen LogP contribution in [-0.2, 0) is 49.4 Å². The van der Waals surface area contributed by atoms with E-state index in [4.69, 9.17) is 33.2 Å². The van der Waals surface area contributed by atoms with E-state index in [0.29, 0.717) is 6.61 Å². The molecule has 0 aliphatic carbocycles. The molecule has 4 rings (SSSR count). The van der Waals surface area contributed by atoms with Crippen molar-refractivity contribution in [1.29, 1.82) is 0 Å². The van der Waals surface area contributed by atoms with Crippen LogP contribution in [0.1, 0.15) is 40.2 Å². The fraction of sp³-hybridized carbons (Fsp3) is 0.667. The van der Waals surface area contributed by atoms with Gasteiger partial charge in [-0.05, 0) is 40.2 Å². The molecule has 3 fully saturated rings. The van der Waals surface area contributed by atoms with Gasteiger partial charge in [-0.25, -0.2) is 4.79 Å². The first-order valence-corrected chi connectivity index (χ1v) is 11.5. The largest absolute Gasteiger partial charge is 0.459 e. The topological polar surface area (TPSA) is 111 Å². The number of ether oxygens (including phenoxy) is 7. The maximum absolute atomic E-state index is 12.5. The lowest BCUT2D eigenvalue weighted by Crippen LogP contribution is -2.47. The SMILES string of the molecule is C[C@H](NC(=O)CO[C@@H]1[C@H]2OC(C)(C)O[C@H]2O[C@@H]1C1COC(C)(C)O1)C(=O)OCc1ccccc1. The zero-order chi connectivity index (χ0) is 24.5. The molecule has 10 heteroatoms. The summed E-state index contributed by atoms with van der Waals surface area (Å²) in [4.78, 5) is 24.8. The molecule has 1 aromatic rings. The van der Waals surface area contributed by atoms with Crippen molar-refractivity contribution in [3.63, 3.8) is 0 Å². The standard InChI is InChI=1S/C24H33NO9/c1-14(21(27)29-11-15-9-7-6-8-10-15)25-17(26)13-28-19-18(16-12-30-23(2,3)32-16)31-22-20(19)33-24(4,5)34-22/h6-10,14,16,18-20,22H,11-13H2,1-5H3,(H,25,26)/t14-,16?,18+,19-,20+,22+/m0/s1. The molecule has 6 atom stereocenters. The van der Waals surface area contributed by atoms with Crippen molar-refractivity contribution in [2.45, 2.75) is 89.5 Å². The molecule has 1 aromatic carbocycles. The summed E-state index contributed by atoms with van der Waals surface area (Å²) in [6.07, 6.45) is -2.76. The third kappa shape index (κ3) is 5.94. The first-order chi connectivity index (χ1) is 16.0. The van der Waals surface area contributed by atoms with Gasteiger partial charge in [-0.3, -0.25) is 4.79 Å². The molecule has 34 heavy (non-hydrogen) atoms. The maximum atomic E-state index is 12.5. The Labute approximate surface area is 199 Å². The van der Waals surface area contributed by atoms with Crippen LogP contribution in [0.4, 0.5) is 0 Å². The normalized spacial score (nSPS) is 32.2. The summed E-state index contributed by atoms with van der Waals surface area (Å²) in [6.45, 7) is 8.92. The molecule has 3 aliphatic rings. The Balaban J connectivity index is 1.30. The van der Waals surface area contributed by atoms with Crippen molar-refractivity contribution in [2.24, 2.45) is 0 Å². The van der Waals surface area contributed by atoms with E-state index in [0.717, 1.165) is 5.56 Å². The summed E-state index contributed by atoms with van der Waals surface area (Å²) in [7, 11) is 0. The van der Waals surface area contributed by atoms with Crippen molar-refractivity contribution in [2.75, 3.05) is 13.2 Å². The number of carbonyl (C=O) groups is 2. The van der Waals surface area contributed by atoms with Gasteiger partial charge < -0.3 is 38.5 Å². The van der Waals surface area contributed by atoms with E-state index >= 15 is 0 Å². The number of hydrogen-bond acceptors (Lipinski definition) is 9. The van der Waals surface area contributed by atoms with Gasteiger partial charge in [-0.2, -0.15) is 0 Å². The highest BCUT2D eigenvalue weighted by Crippen LogP contribution is 2.41. The van der Waals surface area contributed by atoms with E-state index in [-0.39, 0.29) is 13.2 Å². The Kier molecular flexibility index (Phi) is 7.28. The van der Waals surface area contributed by atoms with Gasteiger partial charge in [-0.1, -0.05) is 30.3 Å². The molecule has 3 aliphatic heterocycles. The lowest BCUT2D eigenvalue weighted by Gasteiger charge is -2.29. The molecule has 3 saturated heterocycles. The van der Waals surface area contributed by atoms with Crippen LogP contribution in [-0.4, -0.2) is 73.4 Å². The third-order valence-electron chi connectivity index (χ3n) is 5.79. The number of carbonyl (C=O) groups excluding carboxylic acids is 2. The molecule has 1 unspecified atom stereocenters. The van der Waals surface area contributed by atoms with Gasteiger partial charge >= 0.3 is 5.97 Å². The summed E-state index contributed by atoms with van der Waals surface area (Å²) in [5.41, 5.74) is 0.863. The maximum Gasteiger partial charge on any atom is 0.328 e. The first kappa shape index (κ1) is 25.0. The highest BCUT2D eigenvalue weighted by atomic mass is 16.8. The van der Waals surface area contributed by atoms with Crippen LogP contribution < -0.4 is 5.32 Å². The quantitative estimate of drug-likeness (QED) is 0.557. The highest BCUT2D eigenvalue weighted by Gasteiger charge is 2.59. The number of rotatable bonds is 8. The van der Waals surface area contributed by atoms with Crippen LogP contribution in [0.5, 0.6) is 0 Å². The number of amides is 1. The van der Waals surface area contributed by atoms with Gasteiger partial charge in [-0.15, -0.1) is 0 Å². The molecule has 188 valence electrons. The van der Waals surface area contributed by atoms with Crippen molar-refractivity contribution >= 4 is 11.9 Å². The molecule has 3 heterocycles. The predicted molar refractivity (Wildman–Crippen MR) is 117 cm³/mol. The second-order valence-corrected chi connectivity index (χ2v) is 9.59. The summed E-state index contributed by atoms with van der Waals surface area (Å²) >= 11 is 0. The monoisotopic (exact) mass is 479 g/mol. The minimum atomic E-state index is -0.840. The van der Waals surface area contributed by atoms with Crippen LogP contribution in [0, 0.1) is 0 Å². The summed E-state index contributed by atoms with van der Waals surface area (Å²) in [6, 6.07) is 8.48. The van der Waals surface area contributed by atoms with E-state index in [1.165, 1.54) is 0 Å². The first-order valence-electron chi connectivity index (χ1n) is 11.5. The Morgan fingerprint density at radius 1 is 1.06 bits per heavy atom. The number of esters is 1. The Morgan fingerprint density at radius 3 is 2.47 bits per heavy atom. The van der Waals surface area contributed by atoms with E-state index in [2.05, 4.69) is 5.32 Å². The lowest BCUT2D eigenvalue weighted by molar-refractivity contribution is -0.235. The molecule has 1 amide bonds. The molecule has 10 nitrogen and oxygen atoms in total. The number of benzene rings is 1. The summed E-state index contributed by atoms with van der Waals surface area (Å²) in [5, 5.41) is 2.61. The number of nitrogens with one attached hydrogen (secondary N) is 1. The van der Waals surface area contributed by atoms with Gasteiger partial charge in [0.25, 0.3) is 0 Å². The molecule has 0 spiro atoms. The zero-order valence-electron chi connectivity index (χ0n) is 20.1. The average Bonchev–Trinajstić information content (AvgIpc) is 3.39. The van der Waals surface area contributed by atoms with Crippen molar-refractivity contribution in [1.82, 2.24) is 5.32 Å². The Morgan fingerprint density at radius 2 is 1.79 bits per heavy atom. The molecule has 0 saturated carbocycles. The van der Waals surface area contributed by atoms with Crippen LogP contribution in [0.2, 0.25) is 0 Å². The fourth-order valence-corrected chi connectivity index (χ4v) is 4.24.